The van der Waals surface area contributed by atoms with Crippen molar-refractivity contribution in [1.29, 1.82) is 0 Å². The second-order valence-electron chi connectivity index (χ2n) is 4.44. The summed E-state index contributed by atoms with van der Waals surface area (Å²) in [6.07, 6.45) is 1.35. The smallest absolute Gasteiger partial charge is 0.253 e. The fourth-order valence-corrected chi connectivity index (χ4v) is 3.70. The Labute approximate surface area is 135 Å². The van der Waals surface area contributed by atoms with Crippen LogP contribution in [0.4, 0.5) is 5.69 Å². The second kappa shape index (κ2) is 6.74. The molecule has 1 aromatic heterocycles. The molecule has 5 nitrogen and oxygen atoms in total. The maximum Gasteiger partial charge on any atom is 0.253 e. The molecule has 0 radical (unpaired) electrons. The molecule has 1 fully saturated rings. The molecule has 110 valence electrons. The lowest BCUT2D eigenvalue weighted by Gasteiger charge is -2.11. The summed E-state index contributed by atoms with van der Waals surface area (Å²) in [5.41, 5.74) is 2.34. The lowest BCUT2D eigenvalue weighted by Crippen LogP contribution is -2.26. The number of benzene rings is 1. The number of carbonyl (C=O) groups excluding carboxylic acids is 1. The fourth-order valence-electron chi connectivity index (χ4n) is 1.97. The van der Waals surface area contributed by atoms with E-state index in [1.165, 1.54) is 23.1 Å². The van der Waals surface area contributed by atoms with Gasteiger partial charge in [0.05, 0.1) is 5.02 Å². The van der Waals surface area contributed by atoms with Gasteiger partial charge >= 0.3 is 0 Å². The van der Waals surface area contributed by atoms with Gasteiger partial charge in [0, 0.05) is 17.2 Å². The van der Waals surface area contributed by atoms with Gasteiger partial charge < -0.3 is 10.1 Å². The van der Waals surface area contributed by atoms with Gasteiger partial charge in [-0.25, -0.2) is 0 Å². The summed E-state index contributed by atoms with van der Waals surface area (Å²) in [5, 5.41) is 11.1. The van der Waals surface area contributed by atoms with Crippen molar-refractivity contribution in [3.05, 3.63) is 28.7 Å². The third-order valence-corrected chi connectivity index (χ3v) is 5.24. The van der Waals surface area contributed by atoms with Crippen molar-refractivity contribution in [3.8, 4) is 0 Å². The van der Waals surface area contributed by atoms with Crippen molar-refractivity contribution < 1.29 is 9.53 Å². The van der Waals surface area contributed by atoms with E-state index in [4.69, 9.17) is 16.3 Å². The number of rotatable bonds is 4. The number of halogens is 1. The zero-order valence-electron chi connectivity index (χ0n) is 10.9. The standard InChI is InChI=1S/C13H12ClN3O2S2/c14-9-6-8(16-12(18)10-2-1-5-19-10)3-4-11(9)21-13-17-15-7-20-13/h3-4,6-7,10H,1-2,5H2,(H,16,18). The predicted molar refractivity (Wildman–Crippen MR) is 83.1 cm³/mol. The van der Waals surface area contributed by atoms with Gasteiger partial charge in [-0.15, -0.1) is 10.2 Å². The average molecular weight is 342 g/mol. The largest absolute Gasteiger partial charge is 0.368 e. The molecule has 1 saturated heterocycles. The van der Waals surface area contributed by atoms with Crippen molar-refractivity contribution in [1.82, 2.24) is 10.2 Å². The molecule has 0 aliphatic carbocycles. The quantitative estimate of drug-likeness (QED) is 0.922. The molecule has 21 heavy (non-hydrogen) atoms. The van der Waals surface area contributed by atoms with E-state index in [-0.39, 0.29) is 12.0 Å². The number of nitrogens with one attached hydrogen (secondary N) is 1. The Hall–Kier alpha value is -1.15. The third kappa shape index (κ3) is 3.74. The zero-order valence-corrected chi connectivity index (χ0v) is 13.3. The number of ether oxygens (including phenoxy) is 1. The van der Waals surface area contributed by atoms with Crippen molar-refractivity contribution >= 4 is 46.3 Å². The minimum Gasteiger partial charge on any atom is -0.368 e. The van der Waals surface area contributed by atoms with Crippen LogP contribution in [0.15, 0.2) is 32.9 Å². The van der Waals surface area contributed by atoms with Crippen molar-refractivity contribution in [2.45, 2.75) is 28.2 Å². The normalized spacial score (nSPS) is 17.9. The maximum atomic E-state index is 12.0. The molecule has 0 bridgehead atoms. The molecule has 8 heteroatoms. The molecule has 1 aliphatic rings. The van der Waals surface area contributed by atoms with Gasteiger partial charge in [0.1, 0.15) is 11.6 Å². The molecule has 1 amide bonds. The van der Waals surface area contributed by atoms with Crippen LogP contribution in [-0.4, -0.2) is 28.8 Å². The van der Waals surface area contributed by atoms with E-state index in [0.29, 0.717) is 17.3 Å². The van der Waals surface area contributed by atoms with Gasteiger partial charge in [0.15, 0.2) is 4.34 Å². The molecule has 1 aliphatic heterocycles. The average Bonchev–Trinajstić information content (AvgIpc) is 3.14. The number of hydrogen-bond donors (Lipinski definition) is 1. The number of aromatic nitrogens is 2. The molecule has 3 rings (SSSR count). The van der Waals surface area contributed by atoms with Gasteiger partial charge in [-0.05, 0) is 31.0 Å². The van der Waals surface area contributed by atoms with Crippen LogP contribution in [0.3, 0.4) is 0 Å². The van der Waals surface area contributed by atoms with Crippen LogP contribution < -0.4 is 5.32 Å². The van der Waals surface area contributed by atoms with E-state index in [1.54, 1.807) is 11.6 Å². The molecule has 2 aromatic rings. The highest BCUT2D eigenvalue weighted by molar-refractivity contribution is 8.01. The number of amides is 1. The van der Waals surface area contributed by atoms with Gasteiger partial charge in [0.2, 0.25) is 0 Å². The Kier molecular flexibility index (Phi) is 4.74. The lowest BCUT2D eigenvalue weighted by atomic mass is 10.2. The number of hydrogen-bond acceptors (Lipinski definition) is 6. The predicted octanol–water partition coefficient (Wildman–Crippen LogP) is 3.46. The first-order valence-electron chi connectivity index (χ1n) is 6.38. The molecular formula is C13H12ClN3O2S2. The van der Waals surface area contributed by atoms with Crippen LogP contribution in [0.1, 0.15) is 12.8 Å². The van der Waals surface area contributed by atoms with E-state index in [0.717, 1.165) is 22.1 Å². The van der Waals surface area contributed by atoms with Crippen molar-refractivity contribution in [2.24, 2.45) is 0 Å². The zero-order chi connectivity index (χ0) is 14.7. The molecule has 0 saturated carbocycles. The Morgan fingerprint density at radius 2 is 2.43 bits per heavy atom. The number of carbonyl (C=O) groups is 1. The molecule has 0 spiro atoms. The van der Waals surface area contributed by atoms with Gasteiger partial charge in [-0.1, -0.05) is 34.7 Å². The van der Waals surface area contributed by atoms with E-state index >= 15 is 0 Å². The summed E-state index contributed by atoms with van der Waals surface area (Å²) >= 11 is 9.15. The SMILES string of the molecule is O=C(Nc1ccc(Sc2nncs2)c(Cl)c1)C1CCCO1. The number of nitrogens with zero attached hydrogens (tertiary/aromatic N) is 2. The van der Waals surface area contributed by atoms with Crippen LogP contribution >= 0.6 is 34.7 Å². The molecular weight excluding hydrogens is 330 g/mol. The van der Waals surface area contributed by atoms with Crippen molar-refractivity contribution in [3.63, 3.8) is 0 Å². The highest BCUT2D eigenvalue weighted by atomic mass is 35.5. The van der Waals surface area contributed by atoms with E-state index in [2.05, 4.69) is 15.5 Å². The summed E-state index contributed by atoms with van der Waals surface area (Å²) in [6.45, 7) is 0.649. The van der Waals surface area contributed by atoms with Gasteiger partial charge in [0.25, 0.3) is 5.91 Å². The van der Waals surface area contributed by atoms with Crippen LogP contribution in [-0.2, 0) is 9.53 Å². The molecule has 1 atom stereocenters. The number of anilines is 1. The summed E-state index contributed by atoms with van der Waals surface area (Å²) in [4.78, 5) is 12.8. The Morgan fingerprint density at radius 3 is 3.10 bits per heavy atom. The minimum absolute atomic E-state index is 0.118. The van der Waals surface area contributed by atoms with Crippen LogP contribution in [0.25, 0.3) is 0 Å². The van der Waals surface area contributed by atoms with E-state index in [1.807, 2.05) is 12.1 Å². The third-order valence-electron chi connectivity index (χ3n) is 2.96. The minimum atomic E-state index is -0.348. The first-order valence-corrected chi connectivity index (χ1v) is 8.46. The van der Waals surface area contributed by atoms with Crippen LogP contribution in [0.5, 0.6) is 0 Å². The molecule has 1 N–H and O–H groups in total. The topological polar surface area (TPSA) is 64.1 Å². The van der Waals surface area contributed by atoms with Crippen LogP contribution in [0.2, 0.25) is 5.02 Å². The molecule has 2 heterocycles. The summed E-state index contributed by atoms with van der Waals surface area (Å²) < 4.78 is 6.17. The highest BCUT2D eigenvalue weighted by Crippen LogP contribution is 2.35. The molecule has 1 aromatic carbocycles. The van der Waals surface area contributed by atoms with E-state index < -0.39 is 0 Å². The van der Waals surface area contributed by atoms with Crippen LogP contribution in [0, 0.1) is 0 Å². The Morgan fingerprint density at radius 1 is 1.52 bits per heavy atom. The maximum absolute atomic E-state index is 12.0. The van der Waals surface area contributed by atoms with Gasteiger partial charge in [-0.2, -0.15) is 0 Å². The highest BCUT2D eigenvalue weighted by Gasteiger charge is 2.23. The Balaban J connectivity index is 1.67. The summed E-state index contributed by atoms with van der Waals surface area (Å²) in [5.74, 6) is -0.118. The molecule has 1 unspecified atom stereocenters. The second-order valence-corrected chi connectivity index (χ2v) is 6.97. The lowest BCUT2D eigenvalue weighted by molar-refractivity contribution is -0.124. The monoisotopic (exact) mass is 341 g/mol. The van der Waals surface area contributed by atoms with Crippen molar-refractivity contribution in [2.75, 3.05) is 11.9 Å². The van der Waals surface area contributed by atoms with E-state index in [9.17, 15) is 4.79 Å². The summed E-state index contributed by atoms with van der Waals surface area (Å²) in [6, 6.07) is 5.42. The summed E-state index contributed by atoms with van der Waals surface area (Å²) in [7, 11) is 0. The Bertz CT molecular complexity index is 630. The fraction of sp³-hybridized carbons (Fsp3) is 0.308. The first kappa shape index (κ1) is 14.8. The van der Waals surface area contributed by atoms with Gasteiger partial charge in [-0.3, -0.25) is 4.79 Å². The first-order chi connectivity index (χ1) is 10.2.